The van der Waals surface area contributed by atoms with Crippen LogP contribution in [0.15, 0.2) is 12.2 Å². The van der Waals surface area contributed by atoms with E-state index in [1.807, 2.05) is 12.2 Å². The van der Waals surface area contributed by atoms with E-state index < -0.39 is 5.60 Å². The lowest BCUT2D eigenvalue weighted by atomic mass is 9.84. The van der Waals surface area contributed by atoms with Gasteiger partial charge < -0.3 is 4.74 Å². The summed E-state index contributed by atoms with van der Waals surface area (Å²) in [5.41, 5.74) is -0.488. The van der Waals surface area contributed by atoms with Crippen molar-refractivity contribution < 1.29 is 9.53 Å². The van der Waals surface area contributed by atoms with Gasteiger partial charge in [0, 0.05) is 6.42 Å². The summed E-state index contributed by atoms with van der Waals surface area (Å²) in [5.74, 6) is 0.275. The Morgan fingerprint density at radius 3 is 3.00 bits per heavy atom. The van der Waals surface area contributed by atoms with Crippen LogP contribution in [0.25, 0.3) is 0 Å². The Hall–Kier alpha value is -0.630. The Balaban J connectivity index is 2.21. The van der Waals surface area contributed by atoms with Crippen LogP contribution in [0, 0.1) is 0 Å². The monoisotopic (exact) mass is 152 g/mol. The number of ketones is 1. The first-order valence-corrected chi connectivity index (χ1v) is 4.18. The first-order valence-electron chi connectivity index (χ1n) is 4.18. The fourth-order valence-electron chi connectivity index (χ4n) is 1.84. The van der Waals surface area contributed by atoms with Crippen molar-refractivity contribution in [3.8, 4) is 0 Å². The maximum atomic E-state index is 11.4. The molecular weight excluding hydrogens is 140 g/mol. The summed E-state index contributed by atoms with van der Waals surface area (Å²) in [5, 5.41) is 0. The molecule has 0 radical (unpaired) electrons. The quantitative estimate of drug-likeness (QED) is 0.491. The van der Waals surface area contributed by atoms with Crippen molar-refractivity contribution in [1.82, 2.24) is 0 Å². The lowest BCUT2D eigenvalue weighted by Crippen LogP contribution is -2.39. The van der Waals surface area contributed by atoms with Gasteiger partial charge in [-0.2, -0.15) is 0 Å². The van der Waals surface area contributed by atoms with Crippen molar-refractivity contribution in [2.75, 3.05) is 6.61 Å². The van der Waals surface area contributed by atoms with E-state index in [4.69, 9.17) is 4.74 Å². The van der Waals surface area contributed by atoms with Crippen molar-refractivity contribution in [3.05, 3.63) is 12.2 Å². The van der Waals surface area contributed by atoms with Gasteiger partial charge in [-0.3, -0.25) is 4.79 Å². The third kappa shape index (κ3) is 1.02. The fraction of sp³-hybridized carbons (Fsp3) is 0.667. The molecule has 1 spiro atoms. The molecule has 0 aromatic heterocycles. The lowest BCUT2D eigenvalue weighted by Gasteiger charge is -2.29. The third-order valence-corrected chi connectivity index (χ3v) is 2.50. The predicted molar refractivity (Wildman–Crippen MR) is 41.3 cm³/mol. The molecular formula is C9H12O2. The van der Waals surface area contributed by atoms with Gasteiger partial charge in [-0.1, -0.05) is 6.08 Å². The Morgan fingerprint density at radius 1 is 1.45 bits per heavy atom. The molecule has 0 amide bonds. The van der Waals surface area contributed by atoms with Crippen molar-refractivity contribution >= 4 is 5.78 Å². The normalized spacial score (nSPS) is 36.9. The summed E-state index contributed by atoms with van der Waals surface area (Å²) in [4.78, 5) is 11.4. The SMILES string of the molecule is O=C1CCCCC12C=CCO2. The Kier molecular flexibility index (Phi) is 1.57. The predicted octanol–water partition coefficient (Wildman–Crippen LogP) is 1.45. The zero-order valence-electron chi connectivity index (χ0n) is 6.51. The van der Waals surface area contributed by atoms with Gasteiger partial charge >= 0.3 is 0 Å². The summed E-state index contributed by atoms with van der Waals surface area (Å²) < 4.78 is 5.43. The molecule has 1 unspecified atom stereocenters. The van der Waals surface area contributed by atoms with E-state index >= 15 is 0 Å². The van der Waals surface area contributed by atoms with Crippen LogP contribution >= 0.6 is 0 Å². The van der Waals surface area contributed by atoms with Gasteiger partial charge in [0.05, 0.1) is 6.61 Å². The molecule has 2 heteroatoms. The number of carbonyl (C=O) groups excluding carboxylic acids is 1. The molecule has 1 fully saturated rings. The molecule has 11 heavy (non-hydrogen) atoms. The van der Waals surface area contributed by atoms with Gasteiger partial charge in [-0.25, -0.2) is 0 Å². The second kappa shape index (κ2) is 2.45. The maximum Gasteiger partial charge on any atom is 0.168 e. The molecule has 0 aromatic rings. The van der Waals surface area contributed by atoms with Crippen LogP contribution in [-0.2, 0) is 9.53 Å². The summed E-state index contributed by atoms with van der Waals surface area (Å²) in [6.07, 6.45) is 7.64. The number of hydrogen-bond acceptors (Lipinski definition) is 2. The average Bonchev–Trinajstić information content (AvgIpc) is 2.46. The van der Waals surface area contributed by atoms with Gasteiger partial charge in [0.25, 0.3) is 0 Å². The molecule has 0 bridgehead atoms. The number of ether oxygens (including phenoxy) is 1. The van der Waals surface area contributed by atoms with Crippen LogP contribution < -0.4 is 0 Å². The zero-order chi connectivity index (χ0) is 7.73. The standard InChI is InChI=1S/C9H12O2/c10-8-4-1-2-5-9(8)6-3-7-11-9/h3,6H,1-2,4-5,7H2. The van der Waals surface area contributed by atoms with Crippen LogP contribution in [0.4, 0.5) is 0 Å². The molecule has 2 aliphatic rings. The van der Waals surface area contributed by atoms with Gasteiger partial charge in [0.1, 0.15) is 5.60 Å². The van der Waals surface area contributed by atoms with Crippen LogP contribution in [0.1, 0.15) is 25.7 Å². The van der Waals surface area contributed by atoms with Crippen LogP contribution in [0.5, 0.6) is 0 Å². The van der Waals surface area contributed by atoms with Crippen LogP contribution in [-0.4, -0.2) is 18.0 Å². The van der Waals surface area contributed by atoms with Gasteiger partial charge in [-0.05, 0) is 25.3 Å². The van der Waals surface area contributed by atoms with Crippen molar-refractivity contribution in [3.63, 3.8) is 0 Å². The van der Waals surface area contributed by atoms with E-state index in [1.54, 1.807) is 0 Å². The molecule has 1 atom stereocenters. The number of rotatable bonds is 0. The highest BCUT2D eigenvalue weighted by atomic mass is 16.5. The second-order valence-corrected chi connectivity index (χ2v) is 3.23. The van der Waals surface area contributed by atoms with Crippen molar-refractivity contribution in [2.45, 2.75) is 31.3 Å². The minimum absolute atomic E-state index is 0.275. The first-order chi connectivity index (χ1) is 5.33. The highest BCUT2D eigenvalue weighted by molar-refractivity contribution is 5.90. The Labute approximate surface area is 66.2 Å². The van der Waals surface area contributed by atoms with E-state index in [1.165, 1.54) is 0 Å². The third-order valence-electron chi connectivity index (χ3n) is 2.50. The molecule has 0 aromatic carbocycles. The van der Waals surface area contributed by atoms with Gasteiger partial charge in [0.15, 0.2) is 5.78 Å². The molecule has 2 rings (SSSR count). The largest absolute Gasteiger partial charge is 0.359 e. The topological polar surface area (TPSA) is 26.3 Å². The molecule has 2 nitrogen and oxygen atoms in total. The van der Waals surface area contributed by atoms with Crippen molar-refractivity contribution in [1.29, 1.82) is 0 Å². The van der Waals surface area contributed by atoms with Crippen LogP contribution in [0.2, 0.25) is 0 Å². The maximum absolute atomic E-state index is 11.4. The summed E-state index contributed by atoms with van der Waals surface area (Å²) >= 11 is 0. The number of carbonyl (C=O) groups is 1. The fourth-order valence-corrected chi connectivity index (χ4v) is 1.84. The smallest absolute Gasteiger partial charge is 0.168 e. The number of Topliss-reactive ketones (excluding diaryl/α,β-unsaturated/α-hetero) is 1. The van der Waals surface area contributed by atoms with E-state index in [-0.39, 0.29) is 5.78 Å². The van der Waals surface area contributed by atoms with Gasteiger partial charge in [0.2, 0.25) is 0 Å². The van der Waals surface area contributed by atoms with Crippen LogP contribution in [0.3, 0.4) is 0 Å². The molecule has 1 aliphatic carbocycles. The highest BCUT2D eigenvalue weighted by Gasteiger charge is 2.40. The van der Waals surface area contributed by atoms with E-state index in [0.717, 1.165) is 19.3 Å². The summed E-state index contributed by atoms with van der Waals surface area (Å²) in [6.45, 7) is 0.617. The average molecular weight is 152 g/mol. The molecule has 1 saturated carbocycles. The summed E-state index contributed by atoms with van der Waals surface area (Å²) in [7, 11) is 0. The first kappa shape index (κ1) is 7.04. The highest BCUT2D eigenvalue weighted by Crippen LogP contribution is 2.32. The Bertz CT molecular complexity index is 208. The zero-order valence-corrected chi connectivity index (χ0v) is 6.51. The molecule has 1 heterocycles. The molecule has 0 saturated heterocycles. The minimum Gasteiger partial charge on any atom is -0.359 e. The Morgan fingerprint density at radius 2 is 2.36 bits per heavy atom. The van der Waals surface area contributed by atoms with Gasteiger partial charge in [-0.15, -0.1) is 0 Å². The summed E-state index contributed by atoms with van der Waals surface area (Å²) in [6, 6.07) is 0. The second-order valence-electron chi connectivity index (χ2n) is 3.23. The molecule has 60 valence electrons. The number of hydrogen-bond donors (Lipinski definition) is 0. The van der Waals surface area contributed by atoms with E-state index in [2.05, 4.69) is 0 Å². The van der Waals surface area contributed by atoms with E-state index in [0.29, 0.717) is 13.0 Å². The van der Waals surface area contributed by atoms with E-state index in [9.17, 15) is 4.79 Å². The lowest BCUT2D eigenvalue weighted by molar-refractivity contribution is -0.139. The minimum atomic E-state index is -0.488. The molecule has 1 aliphatic heterocycles. The molecule has 0 N–H and O–H groups in total. The van der Waals surface area contributed by atoms with Crippen molar-refractivity contribution in [2.24, 2.45) is 0 Å².